The summed E-state index contributed by atoms with van der Waals surface area (Å²) in [4.78, 5) is 4.69. The van der Waals surface area contributed by atoms with E-state index in [2.05, 4.69) is 6.58 Å². The van der Waals surface area contributed by atoms with Gasteiger partial charge in [-0.15, -0.1) is 0 Å². The van der Waals surface area contributed by atoms with Gasteiger partial charge < -0.3 is 14.2 Å². The van der Waals surface area contributed by atoms with E-state index in [1.807, 2.05) is 60.8 Å². The molecule has 0 spiro atoms. The molecule has 0 fully saturated rings. The molecule has 0 aliphatic carbocycles. The van der Waals surface area contributed by atoms with Crippen LogP contribution in [-0.4, -0.2) is 21.1 Å². The van der Waals surface area contributed by atoms with Crippen LogP contribution >= 0.6 is 0 Å². The summed E-state index contributed by atoms with van der Waals surface area (Å²) in [5.41, 5.74) is 5.74. The highest BCUT2D eigenvalue weighted by atomic mass is 16.5. The van der Waals surface area contributed by atoms with E-state index in [-0.39, 0.29) is 6.61 Å². The highest BCUT2D eigenvalue weighted by molar-refractivity contribution is 5.67. The lowest BCUT2D eigenvalue weighted by molar-refractivity contribution is 0.282. The highest BCUT2D eigenvalue weighted by Crippen LogP contribution is 2.26. The van der Waals surface area contributed by atoms with Crippen LogP contribution in [0, 0.1) is 6.92 Å². The molecular formula is C19H20N2O2. The van der Waals surface area contributed by atoms with Crippen molar-refractivity contribution in [2.45, 2.75) is 20.5 Å². The fraction of sp³-hybridized carbons (Fsp3) is 0.211. The number of nitrogens with zero attached hydrogens (tertiary/aromatic N) is 2. The van der Waals surface area contributed by atoms with E-state index in [1.165, 1.54) is 0 Å². The molecule has 0 atom stereocenters. The molecule has 3 aromatic rings. The van der Waals surface area contributed by atoms with Crippen molar-refractivity contribution in [2.24, 2.45) is 0 Å². The summed E-state index contributed by atoms with van der Waals surface area (Å²) in [6, 6.07) is 11.7. The van der Waals surface area contributed by atoms with Crippen LogP contribution in [0.1, 0.15) is 18.2 Å². The number of aliphatic hydroxyl groups is 1. The summed E-state index contributed by atoms with van der Waals surface area (Å²) >= 11 is 0. The maximum Gasteiger partial charge on any atom is 0.138 e. The monoisotopic (exact) mass is 308 g/mol. The summed E-state index contributed by atoms with van der Waals surface area (Å²) in [6.45, 7) is 8.36. The normalized spacial score (nSPS) is 10.9. The summed E-state index contributed by atoms with van der Waals surface area (Å²) < 4.78 is 7.65. The van der Waals surface area contributed by atoms with E-state index in [4.69, 9.17) is 9.72 Å². The molecule has 0 aliphatic rings. The van der Waals surface area contributed by atoms with Gasteiger partial charge in [0.2, 0.25) is 0 Å². The lowest BCUT2D eigenvalue weighted by atomic mass is 10.1. The molecule has 0 saturated heterocycles. The Labute approximate surface area is 135 Å². The summed E-state index contributed by atoms with van der Waals surface area (Å²) in [6.07, 6.45) is 1.94. The van der Waals surface area contributed by atoms with Gasteiger partial charge in [-0.05, 0) is 61.4 Å². The zero-order chi connectivity index (χ0) is 16.4. The van der Waals surface area contributed by atoms with Gasteiger partial charge in [-0.3, -0.25) is 0 Å². The molecule has 23 heavy (non-hydrogen) atoms. The van der Waals surface area contributed by atoms with E-state index >= 15 is 0 Å². The number of ether oxygens (including phenoxy) is 1. The topological polar surface area (TPSA) is 46.8 Å². The first-order chi connectivity index (χ1) is 11.1. The molecule has 0 unspecified atom stereocenters. The zero-order valence-corrected chi connectivity index (χ0v) is 13.4. The van der Waals surface area contributed by atoms with E-state index < -0.39 is 0 Å². The van der Waals surface area contributed by atoms with Gasteiger partial charge in [-0.1, -0.05) is 6.58 Å². The van der Waals surface area contributed by atoms with Gasteiger partial charge in [0.1, 0.15) is 18.0 Å². The molecule has 1 N–H and O–H groups in total. The van der Waals surface area contributed by atoms with Crippen LogP contribution in [0.3, 0.4) is 0 Å². The molecule has 4 heteroatoms. The minimum absolute atomic E-state index is 0.0203. The molecule has 0 bridgehead atoms. The Bertz CT molecular complexity index is 848. The number of aliphatic hydroxyl groups excluding tert-OH is 1. The van der Waals surface area contributed by atoms with Gasteiger partial charge in [-0.2, -0.15) is 0 Å². The Hall–Kier alpha value is -2.59. The van der Waals surface area contributed by atoms with E-state index in [9.17, 15) is 5.11 Å². The third-order valence-electron chi connectivity index (χ3n) is 3.72. The molecule has 0 radical (unpaired) electrons. The van der Waals surface area contributed by atoms with Crippen molar-refractivity contribution in [1.82, 2.24) is 9.38 Å². The Morgan fingerprint density at radius 1 is 1.26 bits per heavy atom. The second-order valence-electron chi connectivity index (χ2n) is 5.74. The summed E-state index contributed by atoms with van der Waals surface area (Å²) in [5.74, 6) is 0.820. The molecule has 4 nitrogen and oxygen atoms in total. The molecule has 0 amide bonds. The highest BCUT2D eigenvalue weighted by Gasteiger charge is 2.11. The molecule has 2 heterocycles. The number of aromatic nitrogens is 2. The first kappa shape index (κ1) is 15.3. The van der Waals surface area contributed by atoms with Gasteiger partial charge in [-0.25, -0.2) is 4.98 Å². The Balaban J connectivity index is 1.93. The van der Waals surface area contributed by atoms with Crippen molar-refractivity contribution in [1.29, 1.82) is 0 Å². The molecule has 0 saturated carbocycles. The number of fused-ring (bicyclic) bond motifs is 1. The van der Waals surface area contributed by atoms with Crippen molar-refractivity contribution < 1.29 is 9.84 Å². The fourth-order valence-electron chi connectivity index (χ4n) is 2.50. The standard InChI is InChI=1S/C19H20N2O2/c1-13(2)12-23-17-6-4-16(5-7-17)19-14(3)21-9-8-15(11-22)10-18(21)20-19/h4-10,22H,1,11-12H2,2-3H3. The van der Waals surface area contributed by atoms with Crippen molar-refractivity contribution in [3.8, 4) is 17.0 Å². The van der Waals surface area contributed by atoms with Gasteiger partial charge >= 0.3 is 0 Å². The van der Waals surface area contributed by atoms with Crippen molar-refractivity contribution in [2.75, 3.05) is 6.61 Å². The number of aryl methyl sites for hydroxylation is 1. The van der Waals surface area contributed by atoms with Crippen LogP contribution in [0.15, 0.2) is 54.7 Å². The number of benzene rings is 1. The Morgan fingerprint density at radius 3 is 2.65 bits per heavy atom. The zero-order valence-electron chi connectivity index (χ0n) is 13.4. The third-order valence-corrected chi connectivity index (χ3v) is 3.72. The lowest BCUT2D eigenvalue weighted by Gasteiger charge is -2.06. The van der Waals surface area contributed by atoms with Crippen LogP contribution < -0.4 is 4.74 Å². The summed E-state index contributed by atoms with van der Waals surface area (Å²) in [7, 11) is 0. The second-order valence-corrected chi connectivity index (χ2v) is 5.74. The second kappa shape index (κ2) is 6.26. The quantitative estimate of drug-likeness (QED) is 0.730. The van der Waals surface area contributed by atoms with Gasteiger partial charge in [0.05, 0.1) is 12.3 Å². The van der Waals surface area contributed by atoms with E-state index in [1.54, 1.807) is 0 Å². The number of hydrogen-bond donors (Lipinski definition) is 1. The molecule has 3 rings (SSSR count). The van der Waals surface area contributed by atoms with Crippen LogP contribution in [0.2, 0.25) is 0 Å². The van der Waals surface area contributed by atoms with Crippen molar-refractivity contribution in [3.05, 3.63) is 66.0 Å². The third kappa shape index (κ3) is 3.12. The maximum atomic E-state index is 9.25. The average Bonchev–Trinajstić information content (AvgIpc) is 2.89. The number of imidazole rings is 1. The van der Waals surface area contributed by atoms with Crippen molar-refractivity contribution >= 4 is 5.65 Å². The largest absolute Gasteiger partial charge is 0.489 e. The summed E-state index contributed by atoms with van der Waals surface area (Å²) in [5, 5.41) is 9.25. The molecule has 118 valence electrons. The first-order valence-electron chi connectivity index (χ1n) is 7.54. The molecular weight excluding hydrogens is 288 g/mol. The Kier molecular flexibility index (Phi) is 4.17. The lowest BCUT2D eigenvalue weighted by Crippen LogP contribution is -1.97. The molecule has 1 aromatic carbocycles. The van der Waals surface area contributed by atoms with Crippen LogP contribution in [0.25, 0.3) is 16.9 Å². The van der Waals surface area contributed by atoms with Gasteiger partial charge in [0.25, 0.3) is 0 Å². The number of pyridine rings is 1. The smallest absolute Gasteiger partial charge is 0.138 e. The SMILES string of the molecule is C=C(C)COc1ccc(-c2nc3cc(CO)ccn3c2C)cc1. The van der Waals surface area contributed by atoms with Gasteiger partial charge in [0, 0.05) is 17.5 Å². The maximum absolute atomic E-state index is 9.25. The molecule has 0 aliphatic heterocycles. The van der Waals surface area contributed by atoms with E-state index in [0.29, 0.717) is 6.61 Å². The average molecular weight is 308 g/mol. The minimum Gasteiger partial charge on any atom is -0.489 e. The number of hydrogen-bond acceptors (Lipinski definition) is 3. The van der Waals surface area contributed by atoms with Gasteiger partial charge in [0.15, 0.2) is 0 Å². The number of rotatable bonds is 5. The first-order valence-corrected chi connectivity index (χ1v) is 7.54. The fourth-order valence-corrected chi connectivity index (χ4v) is 2.50. The molecule has 2 aromatic heterocycles. The van der Waals surface area contributed by atoms with Crippen molar-refractivity contribution in [3.63, 3.8) is 0 Å². The van der Waals surface area contributed by atoms with Crippen LogP contribution in [0.4, 0.5) is 0 Å². The Morgan fingerprint density at radius 2 is 2.00 bits per heavy atom. The van der Waals surface area contributed by atoms with Crippen LogP contribution in [-0.2, 0) is 6.61 Å². The van der Waals surface area contributed by atoms with Crippen LogP contribution in [0.5, 0.6) is 5.75 Å². The predicted molar refractivity (Wildman–Crippen MR) is 91.6 cm³/mol. The van der Waals surface area contributed by atoms with E-state index in [0.717, 1.165) is 39.5 Å². The minimum atomic E-state index is 0.0203. The predicted octanol–water partition coefficient (Wildman–Crippen LogP) is 3.76.